The van der Waals surface area contributed by atoms with Crippen LogP contribution in [0.2, 0.25) is 0 Å². The average molecular weight is 439 g/mol. The second-order valence-corrected chi connectivity index (χ2v) is 6.96. The number of fused-ring (bicyclic) bond motifs is 1. The molecule has 0 spiro atoms. The highest BCUT2D eigenvalue weighted by Gasteiger charge is 2.13. The first kappa shape index (κ1) is 18.1. The lowest BCUT2D eigenvalue weighted by atomic mass is 10.1. The van der Waals surface area contributed by atoms with Crippen LogP contribution in [0.5, 0.6) is 5.75 Å². The maximum Gasteiger partial charge on any atom is 0.343 e. The van der Waals surface area contributed by atoms with Gasteiger partial charge in [0.15, 0.2) is 5.43 Å². The lowest BCUT2D eigenvalue weighted by Gasteiger charge is -2.07. The monoisotopic (exact) mass is 438 g/mol. The van der Waals surface area contributed by atoms with Crippen LogP contribution in [0.1, 0.15) is 10.4 Å². The molecule has 0 aliphatic heterocycles. The molecule has 4 rings (SSSR count). The number of halogens is 2. The summed E-state index contributed by atoms with van der Waals surface area (Å²) >= 11 is 3.36. The first-order valence-corrected chi connectivity index (χ1v) is 9.10. The fraction of sp³-hybridized carbons (Fsp3) is 0. The third-order valence-corrected chi connectivity index (χ3v) is 4.70. The molecule has 0 saturated carbocycles. The number of hydrogen-bond donors (Lipinski definition) is 0. The molecule has 0 aliphatic rings. The van der Waals surface area contributed by atoms with Crippen molar-refractivity contribution in [1.29, 1.82) is 0 Å². The molecule has 0 N–H and O–H groups in total. The maximum absolute atomic E-state index is 13.3. The summed E-state index contributed by atoms with van der Waals surface area (Å²) in [5.74, 6) is -1.03. The topological polar surface area (TPSA) is 56.5 Å². The first-order valence-electron chi connectivity index (χ1n) is 8.30. The zero-order valence-electron chi connectivity index (χ0n) is 14.3. The minimum absolute atomic E-state index is 0.0899. The summed E-state index contributed by atoms with van der Waals surface area (Å²) in [5, 5.41) is 0.367. The quantitative estimate of drug-likeness (QED) is 0.309. The lowest BCUT2D eigenvalue weighted by molar-refractivity contribution is 0.0734. The van der Waals surface area contributed by atoms with Crippen molar-refractivity contribution in [2.45, 2.75) is 0 Å². The van der Waals surface area contributed by atoms with Crippen molar-refractivity contribution in [3.63, 3.8) is 0 Å². The van der Waals surface area contributed by atoms with Crippen molar-refractivity contribution in [3.8, 4) is 16.9 Å². The molecule has 0 unspecified atom stereocenters. The van der Waals surface area contributed by atoms with E-state index in [1.54, 1.807) is 0 Å². The van der Waals surface area contributed by atoms with E-state index < -0.39 is 11.8 Å². The summed E-state index contributed by atoms with van der Waals surface area (Å²) < 4.78 is 25.0. The van der Waals surface area contributed by atoms with Crippen molar-refractivity contribution in [1.82, 2.24) is 0 Å². The molecule has 0 saturated heterocycles. The van der Waals surface area contributed by atoms with Crippen LogP contribution in [-0.2, 0) is 0 Å². The molecule has 0 aliphatic carbocycles. The Morgan fingerprint density at radius 2 is 1.79 bits per heavy atom. The second kappa shape index (κ2) is 7.40. The van der Waals surface area contributed by atoms with Gasteiger partial charge in [-0.15, -0.1) is 0 Å². The molecule has 0 bridgehead atoms. The molecule has 1 aromatic heterocycles. The van der Waals surface area contributed by atoms with Gasteiger partial charge in [0.05, 0.1) is 16.5 Å². The molecule has 0 amide bonds. The lowest BCUT2D eigenvalue weighted by Crippen LogP contribution is -2.09. The van der Waals surface area contributed by atoms with Gasteiger partial charge in [0.25, 0.3) is 0 Å². The molecular weight excluding hydrogens is 427 g/mol. The van der Waals surface area contributed by atoms with Gasteiger partial charge in [-0.2, -0.15) is 0 Å². The van der Waals surface area contributed by atoms with Gasteiger partial charge in [0.1, 0.15) is 23.4 Å². The zero-order chi connectivity index (χ0) is 19.7. The molecular formula is C22H12BrFO4. The molecule has 1 heterocycles. The summed E-state index contributed by atoms with van der Waals surface area (Å²) in [7, 11) is 0. The van der Waals surface area contributed by atoms with Gasteiger partial charge in [-0.1, -0.05) is 34.1 Å². The minimum atomic E-state index is -0.701. The number of ether oxygens (including phenoxy) is 1. The smallest absolute Gasteiger partial charge is 0.343 e. The maximum atomic E-state index is 13.3. The fourth-order valence-corrected chi connectivity index (χ4v) is 3.05. The van der Waals surface area contributed by atoms with Crippen molar-refractivity contribution in [3.05, 3.63) is 99.1 Å². The van der Waals surface area contributed by atoms with E-state index in [1.165, 1.54) is 42.7 Å². The van der Waals surface area contributed by atoms with Crippen LogP contribution in [0.4, 0.5) is 4.39 Å². The number of esters is 1. The molecule has 3 aromatic carbocycles. The molecule has 28 heavy (non-hydrogen) atoms. The third kappa shape index (κ3) is 3.59. The van der Waals surface area contributed by atoms with Crippen LogP contribution in [0.3, 0.4) is 0 Å². The summed E-state index contributed by atoms with van der Waals surface area (Å²) in [4.78, 5) is 24.9. The minimum Gasteiger partial charge on any atom is -0.463 e. The standard InChI is InChI=1S/C22H12BrFO4/c23-15-6-4-13(5-7-15)19-12-27-20-11-17(8-9-18(20)21(19)25)28-22(26)14-2-1-3-16(24)10-14/h1-12H. The molecule has 0 fully saturated rings. The highest BCUT2D eigenvalue weighted by atomic mass is 79.9. The molecule has 6 heteroatoms. The molecule has 4 aromatic rings. The number of benzene rings is 3. The number of rotatable bonds is 3. The summed E-state index contributed by atoms with van der Waals surface area (Å²) in [6.45, 7) is 0. The van der Waals surface area contributed by atoms with E-state index in [9.17, 15) is 14.0 Å². The van der Waals surface area contributed by atoms with Gasteiger partial charge in [0, 0.05) is 10.5 Å². The van der Waals surface area contributed by atoms with Crippen molar-refractivity contribution in [2.75, 3.05) is 0 Å². The van der Waals surface area contributed by atoms with Gasteiger partial charge in [-0.3, -0.25) is 4.79 Å². The van der Waals surface area contributed by atoms with E-state index in [0.29, 0.717) is 10.9 Å². The highest BCUT2D eigenvalue weighted by molar-refractivity contribution is 9.10. The van der Waals surface area contributed by atoms with E-state index in [1.807, 2.05) is 24.3 Å². The van der Waals surface area contributed by atoms with Crippen LogP contribution >= 0.6 is 15.9 Å². The van der Waals surface area contributed by atoms with E-state index in [0.717, 1.165) is 16.1 Å². The van der Waals surface area contributed by atoms with E-state index in [2.05, 4.69) is 15.9 Å². The Morgan fingerprint density at radius 3 is 2.54 bits per heavy atom. The van der Waals surface area contributed by atoms with Crippen molar-refractivity contribution in [2.24, 2.45) is 0 Å². The predicted molar refractivity (Wildman–Crippen MR) is 107 cm³/mol. The number of carbonyl (C=O) groups is 1. The van der Waals surface area contributed by atoms with E-state index in [4.69, 9.17) is 9.15 Å². The third-order valence-electron chi connectivity index (χ3n) is 4.17. The van der Waals surface area contributed by atoms with Crippen LogP contribution in [0.15, 0.2) is 86.7 Å². The van der Waals surface area contributed by atoms with Gasteiger partial charge < -0.3 is 9.15 Å². The van der Waals surface area contributed by atoms with E-state index in [-0.39, 0.29) is 22.3 Å². The van der Waals surface area contributed by atoms with Crippen LogP contribution in [0, 0.1) is 5.82 Å². The molecule has 0 atom stereocenters. The largest absolute Gasteiger partial charge is 0.463 e. The number of hydrogen-bond acceptors (Lipinski definition) is 4. The van der Waals surface area contributed by atoms with Crippen LogP contribution < -0.4 is 10.2 Å². The Bertz CT molecular complexity index is 1250. The first-order chi connectivity index (χ1) is 13.5. The predicted octanol–water partition coefficient (Wildman–Crippen LogP) is 5.58. The normalized spacial score (nSPS) is 10.8. The van der Waals surface area contributed by atoms with Gasteiger partial charge in [0.2, 0.25) is 0 Å². The van der Waals surface area contributed by atoms with Crippen LogP contribution in [0.25, 0.3) is 22.1 Å². The zero-order valence-corrected chi connectivity index (χ0v) is 15.9. The van der Waals surface area contributed by atoms with Gasteiger partial charge in [-0.05, 0) is 48.0 Å². The fourth-order valence-electron chi connectivity index (χ4n) is 2.78. The summed E-state index contributed by atoms with van der Waals surface area (Å²) in [6.07, 6.45) is 1.38. The van der Waals surface area contributed by atoms with Crippen molar-refractivity contribution < 1.29 is 18.3 Å². The SMILES string of the molecule is O=C(Oc1ccc2c(=O)c(-c3ccc(Br)cc3)coc2c1)c1cccc(F)c1. The second-order valence-electron chi connectivity index (χ2n) is 6.04. The Labute approximate surface area is 167 Å². The average Bonchev–Trinajstić information content (AvgIpc) is 2.69. The molecule has 138 valence electrons. The Morgan fingerprint density at radius 1 is 1.00 bits per heavy atom. The van der Waals surface area contributed by atoms with Crippen molar-refractivity contribution >= 4 is 32.9 Å². The molecule has 0 radical (unpaired) electrons. The van der Waals surface area contributed by atoms with Gasteiger partial charge >= 0.3 is 5.97 Å². The summed E-state index contributed by atoms with van der Waals surface area (Å²) in [6, 6.07) is 17.0. The summed E-state index contributed by atoms with van der Waals surface area (Å²) in [5.41, 5.74) is 1.36. The Hall–Kier alpha value is -3.25. The van der Waals surface area contributed by atoms with Gasteiger partial charge in [-0.25, -0.2) is 9.18 Å². The highest BCUT2D eigenvalue weighted by Crippen LogP contribution is 2.24. The molecule has 4 nitrogen and oxygen atoms in total. The Kier molecular flexibility index (Phi) is 4.79. The number of carbonyl (C=O) groups excluding carboxylic acids is 1. The van der Waals surface area contributed by atoms with Crippen LogP contribution in [-0.4, -0.2) is 5.97 Å². The Balaban J connectivity index is 1.67. The van der Waals surface area contributed by atoms with E-state index >= 15 is 0 Å².